The highest BCUT2D eigenvalue weighted by Crippen LogP contribution is 2.26. The van der Waals surface area contributed by atoms with E-state index < -0.39 is 33.7 Å². The second-order valence-corrected chi connectivity index (χ2v) is 9.64. The van der Waals surface area contributed by atoms with Crippen molar-refractivity contribution in [3.8, 4) is 11.5 Å². The fourth-order valence-electron chi connectivity index (χ4n) is 2.83. The van der Waals surface area contributed by atoms with E-state index in [9.17, 15) is 18.0 Å². The number of benzene rings is 1. The van der Waals surface area contributed by atoms with Crippen LogP contribution in [0.1, 0.15) is 39.3 Å². The van der Waals surface area contributed by atoms with Gasteiger partial charge >= 0.3 is 22.1 Å². The number of rotatable bonds is 10. The fourth-order valence-corrected chi connectivity index (χ4v) is 3.51. The summed E-state index contributed by atoms with van der Waals surface area (Å²) in [6, 6.07) is 8.76. The number of carbonyl (C=O) groups is 1. The molecule has 1 unspecified atom stereocenters. The Kier molecular flexibility index (Phi) is 7.88. The molecule has 0 radical (unpaired) electrons. The quantitative estimate of drug-likeness (QED) is 0.260. The summed E-state index contributed by atoms with van der Waals surface area (Å²) in [5, 5.41) is 11.2. The van der Waals surface area contributed by atoms with Crippen LogP contribution in [0.4, 0.5) is 10.6 Å². The normalized spacial score (nSPS) is 12.8. The van der Waals surface area contributed by atoms with Gasteiger partial charge in [-0.05, 0) is 43.6 Å². The molecule has 3 aromatic rings. The lowest BCUT2D eigenvalue weighted by atomic mass is 10.1. The third-order valence-electron chi connectivity index (χ3n) is 4.29. The van der Waals surface area contributed by atoms with Crippen molar-refractivity contribution in [2.45, 2.75) is 39.3 Å². The van der Waals surface area contributed by atoms with E-state index in [-0.39, 0.29) is 30.5 Å². The van der Waals surface area contributed by atoms with Crippen molar-refractivity contribution < 1.29 is 31.9 Å². The average Bonchev–Trinajstić information content (AvgIpc) is 3.37. The summed E-state index contributed by atoms with van der Waals surface area (Å²) in [6.07, 6.45) is -1.12. The Morgan fingerprint density at radius 2 is 1.89 bits per heavy atom. The molecular weight excluding hydrogens is 486 g/mol. The van der Waals surface area contributed by atoms with Gasteiger partial charge in [0.1, 0.15) is 5.60 Å². The highest BCUT2D eigenvalue weighted by Gasteiger charge is 2.25. The Hall–Kier alpha value is -3.76. The molecule has 15 nitrogen and oxygen atoms in total. The van der Waals surface area contributed by atoms with E-state index in [0.29, 0.717) is 0 Å². The van der Waals surface area contributed by atoms with Crippen LogP contribution in [0.25, 0.3) is 11.5 Å². The van der Waals surface area contributed by atoms with Gasteiger partial charge in [-0.15, -0.1) is 0 Å². The summed E-state index contributed by atoms with van der Waals surface area (Å²) < 4.78 is 43.3. The first-order valence-electron chi connectivity index (χ1n) is 10.3. The molecule has 0 spiro atoms. The summed E-state index contributed by atoms with van der Waals surface area (Å²) >= 11 is 0. The molecule has 0 aliphatic carbocycles. The number of hydrogen-bond donors (Lipinski definition) is 3. The second-order valence-electron chi connectivity index (χ2n) is 8.14. The van der Waals surface area contributed by atoms with E-state index in [0.717, 1.165) is 5.56 Å². The SMILES string of the molecule is CC(c1ccccc1)n1c(-c2nonc2NOCCNS(=O)(=O)NC(=O)OC(C)(C)C)noc1=O. The first kappa shape index (κ1) is 25.9. The Labute approximate surface area is 199 Å². The van der Waals surface area contributed by atoms with Gasteiger partial charge in [-0.25, -0.2) is 29.0 Å². The van der Waals surface area contributed by atoms with Crippen LogP contribution in [0.5, 0.6) is 0 Å². The average molecular weight is 512 g/mol. The van der Waals surface area contributed by atoms with Crippen LogP contribution in [-0.2, 0) is 19.8 Å². The summed E-state index contributed by atoms with van der Waals surface area (Å²) in [5.74, 6) is -0.693. The molecule has 0 fully saturated rings. The molecule has 16 heteroatoms. The van der Waals surface area contributed by atoms with Crippen LogP contribution < -0.4 is 20.7 Å². The van der Waals surface area contributed by atoms with Gasteiger partial charge in [0.05, 0.1) is 12.6 Å². The monoisotopic (exact) mass is 511 g/mol. The Bertz CT molecular complexity index is 1290. The predicted molar refractivity (Wildman–Crippen MR) is 120 cm³/mol. The summed E-state index contributed by atoms with van der Waals surface area (Å²) in [4.78, 5) is 29.1. The van der Waals surface area contributed by atoms with Crippen molar-refractivity contribution in [2.24, 2.45) is 0 Å². The van der Waals surface area contributed by atoms with Gasteiger partial charge in [0, 0.05) is 6.54 Å². The Morgan fingerprint density at radius 3 is 2.57 bits per heavy atom. The van der Waals surface area contributed by atoms with E-state index in [1.54, 1.807) is 32.4 Å². The summed E-state index contributed by atoms with van der Waals surface area (Å²) in [7, 11) is -4.17. The van der Waals surface area contributed by atoms with Crippen molar-refractivity contribution in [1.82, 2.24) is 29.5 Å². The summed E-state index contributed by atoms with van der Waals surface area (Å²) in [6.45, 7) is 6.17. The molecule has 0 aliphatic rings. The molecule has 0 aliphatic heterocycles. The predicted octanol–water partition coefficient (Wildman–Crippen LogP) is 1.20. The van der Waals surface area contributed by atoms with E-state index >= 15 is 0 Å². The van der Waals surface area contributed by atoms with Crippen LogP contribution in [-0.4, -0.2) is 53.3 Å². The van der Waals surface area contributed by atoms with Crippen LogP contribution in [0, 0.1) is 0 Å². The minimum Gasteiger partial charge on any atom is -0.443 e. The maximum Gasteiger partial charge on any atom is 0.442 e. The molecule has 3 N–H and O–H groups in total. The molecule has 35 heavy (non-hydrogen) atoms. The topological polar surface area (TPSA) is 193 Å². The number of anilines is 1. The second kappa shape index (κ2) is 10.7. The van der Waals surface area contributed by atoms with Gasteiger partial charge in [-0.1, -0.05) is 35.5 Å². The van der Waals surface area contributed by atoms with Gasteiger partial charge < -0.3 is 4.74 Å². The molecule has 2 aromatic heterocycles. The van der Waals surface area contributed by atoms with E-state index in [1.165, 1.54) is 4.57 Å². The van der Waals surface area contributed by atoms with Gasteiger partial charge in [0.15, 0.2) is 5.69 Å². The number of amides is 1. The minimum absolute atomic E-state index is 0.0259. The number of aromatic nitrogens is 4. The highest BCUT2D eigenvalue weighted by atomic mass is 32.2. The third kappa shape index (κ3) is 7.11. The zero-order chi connectivity index (χ0) is 25.6. The van der Waals surface area contributed by atoms with Crippen LogP contribution in [0.3, 0.4) is 0 Å². The van der Waals surface area contributed by atoms with Gasteiger partial charge in [0.25, 0.3) is 0 Å². The van der Waals surface area contributed by atoms with Gasteiger partial charge in [-0.3, -0.25) is 9.36 Å². The number of carbonyl (C=O) groups excluding carboxylic acids is 1. The molecular formula is C19H25N7O8S. The summed E-state index contributed by atoms with van der Waals surface area (Å²) in [5.41, 5.74) is 2.46. The number of hydrogen-bond acceptors (Lipinski definition) is 12. The lowest BCUT2D eigenvalue weighted by Crippen LogP contribution is -2.43. The first-order valence-corrected chi connectivity index (χ1v) is 11.8. The molecule has 1 amide bonds. The Morgan fingerprint density at radius 1 is 1.17 bits per heavy atom. The molecule has 1 aromatic carbocycles. The minimum atomic E-state index is -4.17. The number of ether oxygens (including phenoxy) is 1. The van der Waals surface area contributed by atoms with Crippen LogP contribution >= 0.6 is 0 Å². The van der Waals surface area contributed by atoms with E-state index in [2.05, 4.69) is 25.7 Å². The lowest BCUT2D eigenvalue weighted by molar-refractivity contribution is 0.0569. The van der Waals surface area contributed by atoms with Crippen molar-refractivity contribution in [3.63, 3.8) is 0 Å². The van der Waals surface area contributed by atoms with Crippen molar-refractivity contribution in [1.29, 1.82) is 0 Å². The maximum absolute atomic E-state index is 12.3. The van der Waals surface area contributed by atoms with Crippen molar-refractivity contribution >= 4 is 22.1 Å². The fraction of sp³-hybridized carbons (Fsp3) is 0.421. The van der Waals surface area contributed by atoms with Crippen molar-refractivity contribution in [3.05, 3.63) is 46.4 Å². The van der Waals surface area contributed by atoms with Crippen LogP contribution in [0.15, 0.2) is 44.3 Å². The third-order valence-corrected chi connectivity index (χ3v) is 5.31. The molecule has 2 heterocycles. The molecule has 1 atom stereocenters. The van der Waals surface area contributed by atoms with Crippen molar-refractivity contribution in [2.75, 3.05) is 18.6 Å². The van der Waals surface area contributed by atoms with Crippen LogP contribution in [0.2, 0.25) is 0 Å². The molecule has 0 saturated carbocycles. The maximum atomic E-state index is 12.3. The zero-order valence-corrected chi connectivity index (χ0v) is 20.2. The molecule has 0 bridgehead atoms. The number of nitrogens with zero attached hydrogens (tertiary/aromatic N) is 4. The molecule has 3 rings (SSSR count). The van der Waals surface area contributed by atoms with E-state index in [1.807, 2.05) is 30.3 Å². The van der Waals surface area contributed by atoms with Gasteiger partial charge in [0.2, 0.25) is 11.6 Å². The molecule has 0 saturated heterocycles. The first-order chi connectivity index (χ1) is 16.5. The zero-order valence-electron chi connectivity index (χ0n) is 19.3. The number of nitrogens with one attached hydrogen (secondary N) is 3. The van der Waals surface area contributed by atoms with E-state index in [4.69, 9.17) is 18.7 Å². The standard InChI is InChI=1S/C19H25N7O8S/c1-12(13-8-6-5-7-9-13)26-16(24-33-18(26)28)14-15(23-34-21-14)22-31-11-10-20-35(29,30)25-17(27)32-19(2,3)4/h5-9,12,20H,10-11H2,1-4H3,(H,22,23)(H,25,27). The smallest absolute Gasteiger partial charge is 0.442 e. The Balaban J connectivity index is 1.58. The van der Waals surface area contributed by atoms with Gasteiger partial charge in [-0.2, -0.15) is 13.1 Å². The highest BCUT2D eigenvalue weighted by molar-refractivity contribution is 7.88. The largest absolute Gasteiger partial charge is 0.443 e. The molecule has 190 valence electrons. The lowest BCUT2D eigenvalue weighted by Gasteiger charge is -2.19.